The molecule has 0 saturated heterocycles. The van der Waals surface area contributed by atoms with E-state index in [1.807, 2.05) is 0 Å². The number of alkyl halides is 1. The highest BCUT2D eigenvalue weighted by Gasteiger charge is 2.30. The van der Waals surface area contributed by atoms with Gasteiger partial charge in [-0.15, -0.1) is 0 Å². The number of hydrogen-bond donors (Lipinski definition) is 3. The van der Waals surface area contributed by atoms with Gasteiger partial charge in [-0.1, -0.05) is 28.3 Å². The average molecular weight is 401 g/mol. The van der Waals surface area contributed by atoms with Crippen LogP contribution in [0.3, 0.4) is 0 Å². The number of amides is 1. The number of nitrogens with one attached hydrogen (secondary N) is 1. The molecule has 0 aliphatic carbocycles. The van der Waals surface area contributed by atoms with Crippen LogP contribution in [0.5, 0.6) is 0 Å². The van der Waals surface area contributed by atoms with E-state index in [1.165, 1.54) is 30.3 Å². The largest absolute Gasteiger partial charge is 0.355 e. The first-order valence-corrected chi connectivity index (χ1v) is 8.04. The fraction of sp³-hybridized carbons (Fsp3) is 0.214. The lowest BCUT2D eigenvalue weighted by atomic mass is 10.2. The summed E-state index contributed by atoms with van der Waals surface area (Å²) in [5.74, 6) is 10.7. The number of azide groups is 1. The van der Waals surface area contributed by atoms with E-state index in [9.17, 15) is 9.18 Å². The van der Waals surface area contributed by atoms with Crippen LogP contribution in [-0.2, 0) is 4.79 Å². The second-order valence-corrected chi connectivity index (χ2v) is 5.97. The normalized spacial score (nSPS) is 17.2. The van der Waals surface area contributed by atoms with Gasteiger partial charge in [0.25, 0.3) is 5.91 Å². The summed E-state index contributed by atoms with van der Waals surface area (Å²) >= 11 is 11.9. The highest BCUT2D eigenvalue weighted by atomic mass is 35.5. The summed E-state index contributed by atoms with van der Waals surface area (Å²) < 4.78 is 13.1. The minimum atomic E-state index is -1.15. The van der Waals surface area contributed by atoms with Crippen molar-refractivity contribution in [3.63, 3.8) is 0 Å². The van der Waals surface area contributed by atoms with Crippen LogP contribution in [-0.4, -0.2) is 29.0 Å². The molecule has 12 heteroatoms. The van der Waals surface area contributed by atoms with Gasteiger partial charge in [0.15, 0.2) is 0 Å². The summed E-state index contributed by atoms with van der Waals surface area (Å²) in [6.45, 7) is -0.308. The van der Waals surface area contributed by atoms with Crippen molar-refractivity contribution in [1.29, 1.82) is 0 Å². The van der Waals surface area contributed by atoms with Crippen molar-refractivity contribution in [2.45, 2.75) is 11.5 Å². The molecule has 0 fully saturated rings. The molecule has 1 amide bonds. The van der Waals surface area contributed by atoms with E-state index in [0.29, 0.717) is 5.69 Å². The Morgan fingerprint density at radius 3 is 2.65 bits per heavy atom. The Labute approximate surface area is 158 Å². The van der Waals surface area contributed by atoms with Crippen LogP contribution in [0.25, 0.3) is 10.4 Å². The Bertz CT molecular complexity index is 778. The first kappa shape index (κ1) is 19.8. The number of allylic oxidation sites excluding steroid dienone is 1. The molecule has 2 atom stereocenters. The molecule has 0 bridgehead atoms. The molecule has 9 nitrogen and oxygen atoms in total. The van der Waals surface area contributed by atoms with Gasteiger partial charge >= 0.3 is 0 Å². The summed E-state index contributed by atoms with van der Waals surface area (Å²) in [5, 5.41) is 7.97. The average Bonchev–Trinajstić information content (AvgIpc) is 2.61. The van der Waals surface area contributed by atoms with Crippen LogP contribution in [0, 0.1) is 5.82 Å². The van der Waals surface area contributed by atoms with E-state index >= 15 is 0 Å². The molecule has 1 aromatic carbocycles. The molecule has 0 aromatic heterocycles. The molecule has 1 aliphatic rings. The second kappa shape index (κ2) is 8.75. The fourth-order valence-electron chi connectivity index (χ4n) is 2.15. The first-order chi connectivity index (χ1) is 12.3. The van der Waals surface area contributed by atoms with Crippen molar-refractivity contribution in [2.24, 2.45) is 16.8 Å². The Kier molecular flexibility index (Phi) is 6.67. The molecule has 0 spiro atoms. The van der Waals surface area contributed by atoms with Crippen molar-refractivity contribution in [1.82, 2.24) is 10.3 Å². The Hall–Kier alpha value is -2.49. The Morgan fingerprint density at radius 1 is 1.42 bits per heavy atom. The van der Waals surface area contributed by atoms with E-state index in [1.54, 1.807) is 6.08 Å². The number of rotatable bonds is 6. The van der Waals surface area contributed by atoms with E-state index in [4.69, 9.17) is 40.4 Å². The molecule has 1 aromatic rings. The molecular weight excluding hydrogens is 386 g/mol. The molecule has 1 aliphatic heterocycles. The molecule has 2 rings (SSSR count). The van der Waals surface area contributed by atoms with Crippen LogP contribution >= 0.6 is 23.2 Å². The molecule has 0 saturated carbocycles. The Morgan fingerprint density at radius 2 is 2.08 bits per heavy atom. The highest BCUT2D eigenvalue weighted by molar-refractivity contribution is 6.31. The number of nitrogens with two attached hydrogens (primary N) is 2. The molecule has 0 radical (unpaired) electrons. The van der Waals surface area contributed by atoms with Gasteiger partial charge < -0.3 is 5.32 Å². The van der Waals surface area contributed by atoms with Crippen molar-refractivity contribution in [3.8, 4) is 0 Å². The second-order valence-electron chi connectivity index (χ2n) is 5.13. The standard InChI is InChI=1S/C14H15Cl2FN8O/c15-12-6-5-10(13(16)22-12)25(20)14(26)11(7-21-23-18)24(19)9-3-1-8(17)2-4-9/h1-6,11-12,22H,7,19-20H2. The van der Waals surface area contributed by atoms with Crippen LogP contribution < -0.4 is 22.0 Å². The minimum absolute atomic E-state index is 0.0660. The summed E-state index contributed by atoms with van der Waals surface area (Å²) in [6.07, 6.45) is 3.01. The zero-order valence-electron chi connectivity index (χ0n) is 13.3. The van der Waals surface area contributed by atoms with Crippen LogP contribution in [0.4, 0.5) is 10.1 Å². The SMILES string of the molecule is [N-]=[N+]=NCC(C(=O)N(N)C1=C(Cl)NC(Cl)C=C1)N(N)c1ccc(F)cc1. The maximum Gasteiger partial charge on any atom is 0.265 e. The summed E-state index contributed by atoms with van der Waals surface area (Å²) in [5.41, 5.74) is 8.51. The minimum Gasteiger partial charge on any atom is -0.355 e. The van der Waals surface area contributed by atoms with E-state index in [2.05, 4.69) is 15.3 Å². The van der Waals surface area contributed by atoms with Crippen molar-refractivity contribution in [3.05, 3.63) is 63.5 Å². The summed E-state index contributed by atoms with van der Waals surface area (Å²) in [4.78, 5) is 15.4. The number of carbonyl (C=O) groups excluding carboxylic acids is 1. The van der Waals surface area contributed by atoms with Gasteiger partial charge in [-0.25, -0.2) is 21.1 Å². The predicted octanol–water partition coefficient (Wildman–Crippen LogP) is 2.02. The topological polar surface area (TPSA) is 136 Å². The van der Waals surface area contributed by atoms with E-state index in [-0.39, 0.29) is 17.4 Å². The van der Waals surface area contributed by atoms with E-state index in [0.717, 1.165) is 10.0 Å². The number of hydrogen-bond acceptors (Lipinski definition) is 6. The fourth-order valence-corrected chi connectivity index (χ4v) is 2.66. The third-order valence-electron chi connectivity index (χ3n) is 3.47. The van der Waals surface area contributed by atoms with Crippen molar-refractivity contribution in [2.75, 3.05) is 11.6 Å². The van der Waals surface area contributed by atoms with Gasteiger partial charge in [-0.05, 0) is 41.9 Å². The monoisotopic (exact) mass is 400 g/mol. The van der Waals surface area contributed by atoms with Gasteiger partial charge in [-0.2, -0.15) is 0 Å². The number of hydrazine groups is 2. The zero-order chi connectivity index (χ0) is 19.3. The van der Waals surface area contributed by atoms with Gasteiger partial charge in [0, 0.05) is 4.91 Å². The first-order valence-electron chi connectivity index (χ1n) is 7.22. The van der Waals surface area contributed by atoms with Crippen LogP contribution in [0.1, 0.15) is 0 Å². The third-order valence-corrected chi connectivity index (χ3v) is 4.03. The molecule has 1 heterocycles. The molecule has 5 N–H and O–H groups in total. The smallest absolute Gasteiger partial charge is 0.265 e. The van der Waals surface area contributed by atoms with E-state index < -0.39 is 23.3 Å². The van der Waals surface area contributed by atoms with Crippen molar-refractivity contribution < 1.29 is 9.18 Å². The number of halogens is 3. The number of nitrogens with zero attached hydrogens (tertiary/aromatic N) is 5. The quantitative estimate of drug-likeness (QED) is 0.0979. The van der Waals surface area contributed by atoms with Gasteiger partial charge in [-0.3, -0.25) is 9.80 Å². The number of carbonyl (C=O) groups is 1. The van der Waals surface area contributed by atoms with Crippen molar-refractivity contribution >= 4 is 34.8 Å². The van der Waals surface area contributed by atoms with Gasteiger partial charge in [0.2, 0.25) is 0 Å². The lowest BCUT2D eigenvalue weighted by Gasteiger charge is -2.31. The zero-order valence-corrected chi connectivity index (χ0v) is 14.8. The predicted molar refractivity (Wildman–Crippen MR) is 96.7 cm³/mol. The molecule has 2 unspecified atom stereocenters. The Balaban J connectivity index is 2.29. The number of anilines is 1. The van der Waals surface area contributed by atoms with Crippen LogP contribution in [0.15, 0.2) is 52.4 Å². The third kappa shape index (κ3) is 4.57. The highest BCUT2D eigenvalue weighted by Crippen LogP contribution is 2.21. The maximum absolute atomic E-state index is 13.1. The van der Waals surface area contributed by atoms with Gasteiger partial charge in [0.1, 0.15) is 22.5 Å². The molecular formula is C14H15Cl2FN8O. The summed E-state index contributed by atoms with van der Waals surface area (Å²) in [6, 6.07) is 3.95. The van der Waals surface area contributed by atoms with Crippen LogP contribution in [0.2, 0.25) is 0 Å². The maximum atomic E-state index is 13.1. The van der Waals surface area contributed by atoms with Gasteiger partial charge in [0.05, 0.1) is 17.9 Å². The lowest BCUT2D eigenvalue weighted by Crippen LogP contribution is -2.55. The lowest BCUT2D eigenvalue weighted by molar-refractivity contribution is -0.130. The number of dihydropyridines is 1. The summed E-state index contributed by atoms with van der Waals surface area (Å²) in [7, 11) is 0. The molecule has 138 valence electrons. The molecule has 26 heavy (non-hydrogen) atoms. The number of benzene rings is 1.